The molecule has 8 nitrogen and oxygen atoms in total. The van der Waals surface area contributed by atoms with Gasteiger partial charge in [-0.25, -0.2) is 13.2 Å². The Kier molecular flexibility index (Phi) is 9.72. The van der Waals surface area contributed by atoms with Gasteiger partial charge in [-0.3, -0.25) is 4.79 Å². The first kappa shape index (κ1) is 25.9. The molecule has 0 bridgehead atoms. The van der Waals surface area contributed by atoms with Crippen molar-refractivity contribution in [2.24, 2.45) is 0 Å². The Hall–Kier alpha value is -2.18. The first-order chi connectivity index (χ1) is 13.9. The molecule has 0 aromatic heterocycles. The number of aryl methyl sites for hydroxylation is 1. The number of hydrogen-bond acceptors (Lipinski definition) is 5. The Morgan fingerprint density at radius 3 is 2.20 bits per heavy atom. The highest BCUT2D eigenvalue weighted by atomic mass is 32.2. The Morgan fingerprint density at radius 2 is 1.73 bits per heavy atom. The SMILES string of the molecule is CCCN(CC(=O)N1CCNCC1)S(=O)(=O)c1ccccc1C.O=C(O)C(F)(F)F. The molecule has 30 heavy (non-hydrogen) atoms. The number of benzene rings is 1. The van der Waals surface area contributed by atoms with Gasteiger partial charge in [0.2, 0.25) is 15.9 Å². The molecule has 1 aromatic rings. The summed E-state index contributed by atoms with van der Waals surface area (Å²) in [4.78, 5) is 23.3. The average Bonchev–Trinajstić information content (AvgIpc) is 2.68. The fourth-order valence-electron chi connectivity index (χ4n) is 2.68. The third-order valence-corrected chi connectivity index (χ3v) is 6.21. The Balaban J connectivity index is 0.000000553. The van der Waals surface area contributed by atoms with Gasteiger partial charge in [0, 0.05) is 32.7 Å². The molecule has 1 aliphatic heterocycles. The molecule has 0 spiro atoms. The summed E-state index contributed by atoms with van der Waals surface area (Å²) in [6.07, 6.45) is -4.42. The number of amides is 1. The Labute approximate surface area is 173 Å². The minimum absolute atomic E-state index is 0.0928. The lowest BCUT2D eigenvalue weighted by atomic mass is 10.2. The molecule has 1 heterocycles. The summed E-state index contributed by atoms with van der Waals surface area (Å²) in [5, 5.41) is 10.3. The molecule has 170 valence electrons. The van der Waals surface area contributed by atoms with Crippen molar-refractivity contribution in [2.45, 2.75) is 31.3 Å². The van der Waals surface area contributed by atoms with Gasteiger partial charge in [0.05, 0.1) is 11.4 Å². The first-order valence-corrected chi connectivity index (χ1v) is 10.7. The van der Waals surface area contributed by atoms with E-state index in [9.17, 15) is 26.4 Å². The van der Waals surface area contributed by atoms with Crippen LogP contribution in [0.1, 0.15) is 18.9 Å². The summed E-state index contributed by atoms with van der Waals surface area (Å²) in [7, 11) is -3.66. The van der Waals surface area contributed by atoms with Gasteiger partial charge in [-0.2, -0.15) is 17.5 Å². The van der Waals surface area contributed by atoms with Crippen LogP contribution in [0.15, 0.2) is 29.2 Å². The Morgan fingerprint density at radius 1 is 1.20 bits per heavy atom. The van der Waals surface area contributed by atoms with Crippen LogP contribution in [0.2, 0.25) is 0 Å². The molecule has 0 atom stereocenters. The van der Waals surface area contributed by atoms with E-state index in [1.165, 1.54) is 4.31 Å². The summed E-state index contributed by atoms with van der Waals surface area (Å²) in [6, 6.07) is 6.89. The van der Waals surface area contributed by atoms with E-state index in [2.05, 4.69) is 5.32 Å². The van der Waals surface area contributed by atoms with Crippen LogP contribution >= 0.6 is 0 Å². The number of aliphatic carboxylic acids is 1. The number of piperazine rings is 1. The molecular formula is C18H26F3N3O5S. The fourth-order valence-corrected chi connectivity index (χ4v) is 4.39. The number of carboxylic acids is 1. The molecular weight excluding hydrogens is 427 g/mol. The highest BCUT2D eigenvalue weighted by molar-refractivity contribution is 7.89. The molecule has 0 unspecified atom stereocenters. The second kappa shape index (κ2) is 11.3. The van der Waals surface area contributed by atoms with Gasteiger partial charge in [0.1, 0.15) is 0 Å². The number of carboxylic acid groups (broad SMARTS) is 1. The maximum Gasteiger partial charge on any atom is 0.490 e. The number of nitrogens with zero attached hydrogens (tertiary/aromatic N) is 2. The van der Waals surface area contributed by atoms with Crippen molar-refractivity contribution in [1.82, 2.24) is 14.5 Å². The van der Waals surface area contributed by atoms with E-state index in [0.29, 0.717) is 31.6 Å². The molecule has 0 aliphatic carbocycles. The van der Waals surface area contributed by atoms with E-state index in [1.54, 1.807) is 30.0 Å². The van der Waals surface area contributed by atoms with Gasteiger partial charge >= 0.3 is 12.1 Å². The largest absolute Gasteiger partial charge is 0.490 e. The number of rotatable bonds is 6. The van der Waals surface area contributed by atoms with Crippen molar-refractivity contribution in [3.63, 3.8) is 0 Å². The van der Waals surface area contributed by atoms with Crippen LogP contribution in [0, 0.1) is 6.92 Å². The summed E-state index contributed by atoms with van der Waals surface area (Å²) in [5.74, 6) is -2.88. The van der Waals surface area contributed by atoms with E-state index in [4.69, 9.17) is 9.90 Å². The highest BCUT2D eigenvalue weighted by Gasteiger charge is 2.38. The van der Waals surface area contributed by atoms with Crippen molar-refractivity contribution in [1.29, 1.82) is 0 Å². The molecule has 12 heteroatoms. The first-order valence-electron chi connectivity index (χ1n) is 9.25. The maximum atomic E-state index is 12.9. The van der Waals surface area contributed by atoms with Gasteiger partial charge in [0.25, 0.3) is 0 Å². The highest BCUT2D eigenvalue weighted by Crippen LogP contribution is 2.20. The molecule has 1 amide bonds. The third kappa shape index (κ3) is 7.58. The van der Waals surface area contributed by atoms with Crippen molar-refractivity contribution >= 4 is 21.9 Å². The normalized spacial score (nSPS) is 14.8. The number of nitrogens with one attached hydrogen (secondary N) is 1. The number of sulfonamides is 1. The van der Waals surface area contributed by atoms with Crippen LogP contribution in [0.5, 0.6) is 0 Å². The number of hydrogen-bond donors (Lipinski definition) is 2. The predicted molar refractivity (Wildman–Crippen MR) is 103 cm³/mol. The van der Waals surface area contributed by atoms with Gasteiger partial charge in [-0.1, -0.05) is 25.1 Å². The number of halogens is 3. The van der Waals surface area contributed by atoms with E-state index < -0.39 is 22.2 Å². The Bertz CT molecular complexity index is 825. The van der Waals surface area contributed by atoms with Crippen LogP contribution in [-0.4, -0.2) is 80.1 Å². The minimum Gasteiger partial charge on any atom is -0.475 e. The van der Waals surface area contributed by atoms with Crippen molar-refractivity contribution in [3.05, 3.63) is 29.8 Å². The quantitative estimate of drug-likeness (QED) is 0.676. The zero-order valence-electron chi connectivity index (χ0n) is 16.8. The average molecular weight is 453 g/mol. The van der Waals surface area contributed by atoms with Crippen molar-refractivity contribution in [2.75, 3.05) is 39.3 Å². The van der Waals surface area contributed by atoms with Gasteiger partial charge < -0.3 is 15.3 Å². The zero-order chi connectivity index (χ0) is 22.9. The van der Waals surface area contributed by atoms with E-state index in [0.717, 1.165) is 13.1 Å². The van der Waals surface area contributed by atoms with Gasteiger partial charge in [-0.15, -0.1) is 0 Å². The summed E-state index contributed by atoms with van der Waals surface area (Å²) in [6.45, 7) is 6.70. The molecule has 1 fully saturated rings. The second-order valence-corrected chi connectivity index (χ2v) is 8.44. The number of carbonyl (C=O) groups excluding carboxylic acids is 1. The molecule has 0 radical (unpaired) electrons. The monoisotopic (exact) mass is 453 g/mol. The second-order valence-electron chi connectivity index (χ2n) is 6.54. The van der Waals surface area contributed by atoms with Crippen molar-refractivity contribution < 1.29 is 36.3 Å². The lowest BCUT2D eigenvalue weighted by molar-refractivity contribution is -0.192. The van der Waals surface area contributed by atoms with Crippen LogP contribution in [0.3, 0.4) is 0 Å². The smallest absolute Gasteiger partial charge is 0.475 e. The molecule has 2 rings (SSSR count). The van der Waals surface area contributed by atoms with E-state index >= 15 is 0 Å². The van der Waals surface area contributed by atoms with Gasteiger partial charge in [-0.05, 0) is 25.0 Å². The zero-order valence-corrected chi connectivity index (χ0v) is 17.6. The van der Waals surface area contributed by atoms with Crippen LogP contribution in [0.4, 0.5) is 13.2 Å². The molecule has 1 aliphatic rings. The predicted octanol–water partition coefficient (Wildman–Crippen LogP) is 1.46. The van der Waals surface area contributed by atoms with Crippen LogP contribution in [-0.2, 0) is 19.6 Å². The fraction of sp³-hybridized carbons (Fsp3) is 0.556. The van der Waals surface area contributed by atoms with Crippen molar-refractivity contribution in [3.8, 4) is 0 Å². The topological polar surface area (TPSA) is 107 Å². The lowest BCUT2D eigenvalue weighted by Crippen LogP contribution is -2.50. The van der Waals surface area contributed by atoms with E-state index in [-0.39, 0.29) is 17.3 Å². The molecule has 2 N–H and O–H groups in total. The molecule has 1 aromatic carbocycles. The summed E-state index contributed by atoms with van der Waals surface area (Å²) < 4.78 is 58.8. The van der Waals surface area contributed by atoms with Crippen LogP contribution in [0.25, 0.3) is 0 Å². The minimum atomic E-state index is -5.08. The van der Waals surface area contributed by atoms with E-state index in [1.807, 2.05) is 13.0 Å². The number of carbonyl (C=O) groups is 2. The standard InChI is InChI=1S/C16H25N3O3S.C2HF3O2/c1-3-10-19(13-16(20)18-11-8-17-9-12-18)23(21,22)15-7-5-4-6-14(15)2;3-2(4,5)1(6)7/h4-7,17H,3,8-13H2,1-2H3;(H,6,7). The lowest BCUT2D eigenvalue weighted by Gasteiger charge is -2.30. The molecule has 1 saturated heterocycles. The van der Waals surface area contributed by atoms with Gasteiger partial charge in [0.15, 0.2) is 0 Å². The molecule has 0 saturated carbocycles. The van der Waals surface area contributed by atoms with Crippen LogP contribution < -0.4 is 5.32 Å². The summed E-state index contributed by atoms with van der Waals surface area (Å²) in [5.41, 5.74) is 0.697. The maximum absolute atomic E-state index is 12.9. The third-order valence-electron chi connectivity index (χ3n) is 4.21. The number of alkyl halides is 3. The summed E-state index contributed by atoms with van der Waals surface area (Å²) >= 11 is 0.